The zero-order chi connectivity index (χ0) is 15.0. The lowest BCUT2D eigenvalue weighted by Crippen LogP contribution is -2.57. The molecular weight excluding hydrogens is 263 g/mol. The molecule has 20 heavy (non-hydrogen) atoms. The predicted octanol–water partition coefficient (Wildman–Crippen LogP) is 4.59. The van der Waals surface area contributed by atoms with Gasteiger partial charge in [-0.25, -0.2) is 0 Å². The van der Waals surface area contributed by atoms with Crippen molar-refractivity contribution in [3.8, 4) is 0 Å². The Balaban J connectivity index is 2.43. The molecule has 4 heteroatoms. The molecule has 1 saturated carbocycles. The van der Waals surface area contributed by atoms with Crippen molar-refractivity contribution in [3.63, 3.8) is 0 Å². The topological polar surface area (TPSA) is 12.0 Å². The van der Waals surface area contributed by atoms with Crippen LogP contribution >= 0.6 is 0 Å². The molecule has 0 heterocycles. The molecule has 0 radical (unpaired) electrons. The van der Waals surface area contributed by atoms with E-state index in [1.54, 1.807) is 12.1 Å². The minimum Gasteiger partial charge on any atom is -0.316 e. The molecule has 2 atom stereocenters. The molecule has 1 N–H and O–H groups in total. The van der Waals surface area contributed by atoms with Gasteiger partial charge in [0.25, 0.3) is 0 Å². The van der Waals surface area contributed by atoms with E-state index < -0.39 is 11.7 Å². The average Bonchev–Trinajstić information content (AvgIpc) is 2.39. The van der Waals surface area contributed by atoms with Crippen LogP contribution < -0.4 is 5.32 Å². The summed E-state index contributed by atoms with van der Waals surface area (Å²) in [7, 11) is 1.90. The summed E-state index contributed by atoms with van der Waals surface area (Å²) in [4.78, 5) is 0. The molecule has 1 aliphatic rings. The first-order chi connectivity index (χ1) is 9.40. The lowest BCUT2D eigenvalue weighted by molar-refractivity contribution is -0.139. The van der Waals surface area contributed by atoms with Gasteiger partial charge in [0.15, 0.2) is 0 Å². The molecule has 112 valence electrons. The Kier molecular flexibility index (Phi) is 4.14. The maximum atomic E-state index is 13.2. The molecule has 2 unspecified atom stereocenters. The Morgan fingerprint density at radius 3 is 2.30 bits per heavy atom. The van der Waals surface area contributed by atoms with E-state index in [1.165, 1.54) is 12.1 Å². The van der Waals surface area contributed by atoms with Crippen LogP contribution in [0.3, 0.4) is 0 Å². The number of halogens is 3. The molecule has 1 nitrogen and oxygen atoms in total. The zero-order valence-electron chi connectivity index (χ0n) is 12.2. The molecule has 0 spiro atoms. The van der Waals surface area contributed by atoms with Crippen LogP contribution in [0.25, 0.3) is 0 Å². The normalized spacial score (nSPS) is 25.3. The van der Waals surface area contributed by atoms with Crippen LogP contribution in [0.4, 0.5) is 13.2 Å². The van der Waals surface area contributed by atoms with Crippen molar-refractivity contribution in [3.05, 3.63) is 35.4 Å². The molecule has 0 saturated heterocycles. The van der Waals surface area contributed by atoms with Gasteiger partial charge in [-0.2, -0.15) is 13.2 Å². The first kappa shape index (κ1) is 15.4. The SMILES string of the molecule is CCC1(CC)C(NC)CC1c1ccccc1C(F)(F)F. The summed E-state index contributed by atoms with van der Waals surface area (Å²) in [6.07, 6.45) is -1.70. The third-order valence-electron chi connectivity index (χ3n) is 5.17. The highest BCUT2D eigenvalue weighted by Crippen LogP contribution is 2.58. The first-order valence-electron chi connectivity index (χ1n) is 7.24. The highest BCUT2D eigenvalue weighted by Gasteiger charge is 2.53. The number of hydrogen-bond acceptors (Lipinski definition) is 1. The highest BCUT2D eigenvalue weighted by atomic mass is 19.4. The molecule has 1 aromatic rings. The number of alkyl halides is 3. The average molecular weight is 285 g/mol. The van der Waals surface area contributed by atoms with Gasteiger partial charge >= 0.3 is 6.18 Å². The third kappa shape index (κ3) is 2.24. The molecule has 2 rings (SSSR count). The number of hydrogen-bond donors (Lipinski definition) is 1. The van der Waals surface area contributed by atoms with Crippen LogP contribution in [-0.2, 0) is 6.18 Å². The Hall–Kier alpha value is -1.03. The predicted molar refractivity (Wildman–Crippen MR) is 74.7 cm³/mol. The van der Waals surface area contributed by atoms with Crippen LogP contribution in [0.1, 0.15) is 50.2 Å². The van der Waals surface area contributed by atoms with E-state index in [0.29, 0.717) is 11.6 Å². The van der Waals surface area contributed by atoms with Crippen molar-refractivity contribution in [2.75, 3.05) is 7.05 Å². The van der Waals surface area contributed by atoms with Crippen molar-refractivity contribution in [2.45, 2.75) is 51.2 Å². The quantitative estimate of drug-likeness (QED) is 0.853. The van der Waals surface area contributed by atoms with Gasteiger partial charge in [0.2, 0.25) is 0 Å². The summed E-state index contributed by atoms with van der Waals surface area (Å²) in [5, 5.41) is 3.27. The minimum absolute atomic E-state index is 0.00669. The second-order valence-electron chi connectivity index (χ2n) is 5.65. The van der Waals surface area contributed by atoms with Gasteiger partial charge < -0.3 is 5.32 Å². The zero-order valence-corrected chi connectivity index (χ0v) is 12.2. The standard InChI is InChI=1S/C16H22F3N/c1-4-15(5-2)13(10-14(15)20-3)11-8-6-7-9-12(11)16(17,18)19/h6-9,13-14,20H,4-5,10H2,1-3H3. The van der Waals surface area contributed by atoms with E-state index in [0.717, 1.165) is 19.3 Å². The molecule has 1 aliphatic carbocycles. The Labute approximate surface area is 118 Å². The van der Waals surface area contributed by atoms with Crippen LogP contribution in [0, 0.1) is 5.41 Å². The van der Waals surface area contributed by atoms with Gasteiger partial charge in [0.05, 0.1) is 5.56 Å². The minimum atomic E-state index is -4.27. The van der Waals surface area contributed by atoms with Crippen molar-refractivity contribution in [2.24, 2.45) is 5.41 Å². The Morgan fingerprint density at radius 2 is 1.80 bits per heavy atom. The van der Waals surface area contributed by atoms with Gasteiger partial charge in [-0.1, -0.05) is 32.0 Å². The lowest BCUT2D eigenvalue weighted by Gasteiger charge is -2.56. The molecule has 1 aromatic carbocycles. The number of nitrogens with one attached hydrogen (secondary N) is 1. The summed E-state index contributed by atoms with van der Waals surface area (Å²) in [5.41, 5.74) is -0.0585. The van der Waals surface area contributed by atoms with Crippen molar-refractivity contribution in [1.82, 2.24) is 5.32 Å². The van der Waals surface area contributed by atoms with Gasteiger partial charge in [0.1, 0.15) is 0 Å². The van der Waals surface area contributed by atoms with E-state index in [9.17, 15) is 13.2 Å². The van der Waals surface area contributed by atoms with E-state index in [4.69, 9.17) is 0 Å². The van der Waals surface area contributed by atoms with Crippen LogP contribution in [-0.4, -0.2) is 13.1 Å². The highest BCUT2D eigenvalue weighted by molar-refractivity contribution is 5.37. The maximum Gasteiger partial charge on any atom is 0.416 e. The summed E-state index contributed by atoms with van der Waals surface area (Å²) in [6.45, 7) is 4.16. The fraction of sp³-hybridized carbons (Fsp3) is 0.625. The second-order valence-corrected chi connectivity index (χ2v) is 5.65. The molecule has 0 amide bonds. The molecule has 0 aromatic heterocycles. The summed E-state index contributed by atoms with van der Waals surface area (Å²) in [6, 6.07) is 6.36. The molecule has 0 aliphatic heterocycles. The summed E-state index contributed by atoms with van der Waals surface area (Å²) in [5.74, 6) is -0.00669. The summed E-state index contributed by atoms with van der Waals surface area (Å²) >= 11 is 0. The fourth-order valence-electron chi connectivity index (χ4n) is 3.92. The maximum absolute atomic E-state index is 13.2. The Morgan fingerprint density at radius 1 is 1.20 bits per heavy atom. The van der Waals surface area contributed by atoms with Crippen molar-refractivity contribution in [1.29, 1.82) is 0 Å². The number of benzene rings is 1. The van der Waals surface area contributed by atoms with Crippen LogP contribution in [0.2, 0.25) is 0 Å². The smallest absolute Gasteiger partial charge is 0.316 e. The molecule has 1 fully saturated rings. The Bertz CT molecular complexity index is 463. The van der Waals surface area contributed by atoms with E-state index in [1.807, 2.05) is 7.05 Å². The van der Waals surface area contributed by atoms with Crippen molar-refractivity contribution >= 4 is 0 Å². The van der Waals surface area contributed by atoms with Gasteiger partial charge in [-0.3, -0.25) is 0 Å². The van der Waals surface area contributed by atoms with Gasteiger partial charge in [-0.05, 0) is 49.3 Å². The number of rotatable bonds is 4. The third-order valence-corrected chi connectivity index (χ3v) is 5.17. The van der Waals surface area contributed by atoms with E-state index in [-0.39, 0.29) is 11.3 Å². The largest absolute Gasteiger partial charge is 0.416 e. The lowest BCUT2D eigenvalue weighted by atomic mass is 9.51. The van der Waals surface area contributed by atoms with E-state index >= 15 is 0 Å². The monoisotopic (exact) mass is 285 g/mol. The van der Waals surface area contributed by atoms with E-state index in [2.05, 4.69) is 19.2 Å². The van der Waals surface area contributed by atoms with Crippen molar-refractivity contribution < 1.29 is 13.2 Å². The summed E-state index contributed by atoms with van der Waals surface area (Å²) < 4.78 is 39.6. The molecular formula is C16H22F3N. The van der Waals surface area contributed by atoms with Gasteiger partial charge in [-0.15, -0.1) is 0 Å². The molecule has 0 bridgehead atoms. The van der Waals surface area contributed by atoms with Crippen LogP contribution in [0.15, 0.2) is 24.3 Å². The second kappa shape index (κ2) is 5.40. The fourth-order valence-corrected chi connectivity index (χ4v) is 3.92. The van der Waals surface area contributed by atoms with Gasteiger partial charge in [0, 0.05) is 6.04 Å². The first-order valence-corrected chi connectivity index (χ1v) is 7.24. The van der Waals surface area contributed by atoms with Crippen LogP contribution in [0.5, 0.6) is 0 Å².